The Hall–Kier alpha value is -2.93. The van der Waals surface area contributed by atoms with Gasteiger partial charge in [-0.2, -0.15) is 11.8 Å². The number of fused-ring (bicyclic) bond motifs is 1. The molecule has 3 aromatic rings. The number of thioether (sulfide) groups is 1. The van der Waals surface area contributed by atoms with E-state index in [1.165, 1.54) is 12.7 Å². The van der Waals surface area contributed by atoms with Crippen LogP contribution in [0.1, 0.15) is 6.23 Å². The number of anilines is 2. The van der Waals surface area contributed by atoms with Crippen LogP contribution in [0.3, 0.4) is 0 Å². The van der Waals surface area contributed by atoms with Crippen LogP contribution in [-0.4, -0.2) is 72.1 Å². The molecule has 0 saturated carbocycles. The Morgan fingerprint density at radius 3 is 2.81 bits per heavy atom. The summed E-state index contributed by atoms with van der Waals surface area (Å²) >= 11 is 1.55. The van der Waals surface area contributed by atoms with Crippen molar-refractivity contribution in [3.05, 3.63) is 43.0 Å². The third-order valence-electron chi connectivity index (χ3n) is 4.84. The number of guanidine groups is 1. The highest BCUT2D eigenvalue weighted by Gasteiger charge is 2.44. The number of ether oxygens (including phenoxy) is 1. The Labute approximate surface area is 182 Å². The summed E-state index contributed by atoms with van der Waals surface area (Å²) in [4.78, 5) is 16.5. The second-order valence-corrected chi connectivity index (χ2v) is 8.11. The summed E-state index contributed by atoms with van der Waals surface area (Å²) in [5.41, 5.74) is 13.4. The van der Waals surface area contributed by atoms with E-state index in [4.69, 9.17) is 16.2 Å². The van der Waals surface area contributed by atoms with Gasteiger partial charge in [0.05, 0.1) is 19.0 Å². The lowest BCUT2D eigenvalue weighted by atomic mass is 10.1. The van der Waals surface area contributed by atoms with Crippen molar-refractivity contribution in [3.63, 3.8) is 0 Å². The van der Waals surface area contributed by atoms with Gasteiger partial charge in [0.1, 0.15) is 24.1 Å². The van der Waals surface area contributed by atoms with Crippen LogP contribution in [0, 0.1) is 0 Å². The van der Waals surface area contributed by atoms with Crippen molar-refractivity contribution in [2.45, 2.75) is 24.5 Å². The standard InChI is InChI=1S/C19H24N8O3S/c20-16-13-17(24-9-23-16)27(10-25-13)18-15(29)14(28)12(30-18)8-31-7-6-22-19(21)26-11-4-2-1-3-5-11/h1-5,9-10,12,14-15,18,28-29H,6-8H2,(H2,20,23,24)(H3,21,22,26)/t12-,14-,15-,18-/m1/s1. The zero-order chi connectivity index (χ0) is 21.8. The Morgan fingerprint density at radius 2 is 2.00 bits per heavy atom. The number of hydrogen-bond acceptors (Lipinski definition) is 9. The number of para-hydroxylation sites is 1. The van der Waals surface area contributed by atoms with Gasteiger partial charge in [0.15, 0.2) is 23.7 Å². The lowest BCUT2D eigenvalue weighted by molar-refractivity contribution is -0.0289. The van der Waals surface area contributed by atoms with Crippen molar-refractivity contribution >= 4 is 40.4 Å². The number of nitrogens with zero attached hydrogens (tertiary/aromatic N) is 5. The van der Waals surface area contributed by atoms with E-state index in [1.54, 1.807) is 16.3 Å². The lowest BCUT2D eigenvalue weighted by Gasteiger charge is -2.16. The van der Waals surface area contributed by atoms with E-state index in [9.17, 15) is 10.2 Å². The molecule has 0 radical (unpaired) electrons. The number of benzene rings is 1. The van der Waals surface area contributed by atoms with Gasteiger partial charge in [0.25, 0.3) is 0 Å². The number of rotatable bonds is 7. The molecular formula is C19H24N8O3S. The second-order valence-electron chi connectivity index (χ2n) is 6.96. The molecule has 1 aliphatic heterocycles. The number of hydrogen-bond donors (Lipinski definition) is 5. The van der Waals surface area contributed by atoms with Gasteiger partial charge in [-0.15, -0.1) is 0 Å². The van der Waals surface area contributed by atoms with Crippen molar-refractivity contribution in [2.75, 3.05) is 29.1 Å². The maximum Gasteiger partial charge on any atom is 0.193 e. The van der Waals surface area contributed by atoms with Crippen LogP contribution in [0.15, 0.2) is 48.0 Å². The third kappa shape index (κ3) is 4.71. The molecule has 164 valence electrons. The average molecular weight is 445 g/mol. The number of aliphatic hydroxyl groups excluding tert-OH is 2. The van der Waals surface area contributed by atoms with Gasteiger partial charge in [-0.25, -0.2) is 15.0 Å². The van der Waals surface area contributed by atoms with Crippen LogP contribution in [0.4, 0.5) is 11.5 Å². The largest absolute Gasteiger partial charge is 0.387 e. The van der Waals surface area contributed by atoms with Crippen molar-refractivity contribution in [2.24, 2.45) is 10.7 Å². The summed E-state index contributed by atoms with van der Waals surface area (Å²) in [5, 5.41) is 23.9. The topological polar surface area (TPSA) is 170 Å². The van der Waals surface area contributed by atoms with Gasteiger partial charge in [0, 0.05) is 17.2 Å². The van der Waals surface area contributed by atoms with E-state index in [2.05, 4.69) is 25.3 Å². The molecule has 4 atom stereocenters. The molecular weight excluding hydrogens is 420 g/mol. The summed E-state index contributed by atoms with van der Waals surface area (Å²) < 4.78 is 7.47. The highest BCUT2D eigenvalue weighted by molar-refractivity contribution is 7.99. The van der Waals surface area contributed by atoms with E-state index < -0.39 is 24.5 Å². The van der Waals surface area contributed by atoms with E-state index in [-0.39, 0.29) is 5.82 Å². The Morgan fingerprint density at radius 1 is 1.19 bits per heavy atom. The molecule has 7 N–H and O–H groups in total. The SMILES string of the molecule is NC(=NCCSC[C@H]1O[C@@H](n2cnc3c(N)ncnc32)[C@H](O)[C@@H]1O)Nc1ccccc1. The first-order chi connectivity index (χ1) is 15.0. The fraction of sp³-hybridized carbons (Fsp3) is 0.368. The highest BCUT2D eigenvalue weighted by atomic mass is 32.2. The first-order valence-electron chi connectivity index (χ1n) is 9.69. The van der Waals surface area contributed by atoms with Crippen molar-refractivity contribution < 1.29 is 14.9 Å². The minimum absolute atomic E-state index is 0.241. The number of aliphatic imine (C=N–C) groups is 1. The fourth-order valence-corrected chi connectivity index (χ4v) is 4.19. The van der Waals surface area contributed by atoms with Crippen LogP contribution >= 0.6 is 11.8 Å². The van der Waals surface area contributed by atoms with Gasteiger partial charge < -0.3 is 31.7 Å². The highest BCUT2D eigenvalue weighted by Crippen LogP contribution is 2.33. The minimum Gasteiger partial charge on any atom is -0.387 e. The molecule has 0 aliphatic carbocycles. The van der Waals surface area contributed by atoms with Crippen molar-refractivity contribution in [3.8, 4) is 0 Å². The van der Waals surface area contributed by atoms with Gasteiger partial charge in [-0.3, -0.25) is 9.56 Å². The second kappa shape index (κ2) is 9.47. The van der Waals surface area contributed by atoms with E-state index in [0.717, 1.165) is 5.69 Å². The average Bonchev–Trinajstić information content (AvgIpc) is 3.31. The van der Waals surface area contributed by atoms with Crippen LogP contribution in [-0.2, 0) is 4.74 Å². The molecule has 31 heavy (non-hydrogen) atoms. The predicted molar refractivity (Wildman–Crippen MR) is 120 cm³/mol. The number of aromatic nitrogens is 4. The molecule has 1 fully saturated rings. The first kappa shape index (κ1) is 21.3. The molecule has 2 aromatic heterocycles. The summed E-state index contributed by atoms with van der Waals surface area (Å²) in [7, 11) is 0. The van der Waals surface area contributed by atoms with Gasteiger partial charge in [-0.1, -0.05) is 18.2 Å². The Bertz CT molecular complexity index is 1050. The number of nitrogens with one attached hydrogen (secondary N) is 1. The van der Waals surface area contributed by atoms with E-state index >= 15 is 0 Å². The molecule has 0 spiro atoms. The maximum atomic E-state index is 10.5. The van der Waals surface area contributed by atoms with Crippen molar-refractivity contribution in [1.29, 1.82) is 0 Å². The normalized spacial score (nSPS) is 24.0. The van der Waals surface area contributed by atoms with Crippen LogP contribution < -0.4 is 16.8 Å². The Kier molecular flexibility index (Phi) is 6.51. The maximum absolute atomic E-state index is 10.5. The van der Waals surface area contributed by atoms with Gasteiger partial charge >= 0.3 is 0 Å². The summed E-state index contributed by atoms with van der Waals surface area (Å²) in [6.07, 6.45) is -0.734. The monoisotopic (exact) mass is 444 g/mol. The fourth-order valence-electron chi connectivity index (χ4n) is 3.29. The van der Waals surface area contributed by atoms with Crippen LogP contribution in [0.2, 0.25) is 0 Å². The number of aliphatic hydroxyl groups is 2. The molecule has 0 unspecified atom stereocenters. The molecule has 4 rings (SSSR count). The number of imidazole rings is 1. The molecule has 11 nitrogen and oxygen atoms in total. The first-order valence-corrected chi connectivity index (χ1v) is 10.8. The lowest BCUT2D eigenvalue weighted by Crippen LogP contribution is -2.32. The summed E-state index contributed by atoms with van der Waals surface area (Å²) in [5.74, 6) is 1.75. The zero-order valence-electron chi connectivity index (χ0n) is 16.6. The number of nitrogen functional groups attached to an aromatic ring is 1. The van der Waals surface area contributed by atoms with Crippen LogP contribution in [0.5, 0.6) is 0 Å². The summed E-state index contributed by atoms with van der Waals surface area (Å²) in [6, 6.07) is 9.56. The Balaban J connectivity index is 1.29. The van der Waals surface area contributed by atoms with Crippen LogP contribution in [0.25, 0.3) is 11.2 Å². The molecule has 0 bridgehead atoms. The number of nitrogens with two attached hydrogens (primary N) is 2. The molecule has 0 amide bonds. The quantitative estimate of drug-likeness (QED) is 0.192. The predicted octanol–water partition coefficient (Wildman–Crippen LogP) is 0.188. The van der Waals surface area contributed by atoms with E-state index in [0.29, 0.717) is 35.2 Å². The molecule has 1 saturated heterocycles. The zero-order valence-corrected chi connectivity index (χ0v) is 17.4. The van der Waals surface area contributed by atoms with Gasteiger partial charge in [0.2, 0.25) is 0 Å². The molecule has 1 aliphatic rings. The molecule has 1 aromatic carbocycles. The molecule has 12 heteroatoms. The van der Waals surface area contributed by atoms with Crippen molar-refractivity contribution in [1.82, 2.24) is 19.5 Å². The van der Waals surface area contributed by atoms with E-state index in [1.807, 2.05) is 30.3 Å². The molecule has 3 heterocycles. The summed E-state index contributed by atoms with van der Waals surface area (Å²) in [6.45, 7) is 0.507. The third-order valence-corrected chi connectivity index (χ3v) is 5.88. The minimum atomic E-state index is -1.12. The smallest absolute Gasteiger partial charge is 0.193 e. The van der Waals surface area contributed by atoms with Gasteiger partial charge in [-0.05, 0) is 12.1 Å².